The van der Waals surface area contributed by atoms with Gasteiger partial charge in [0.15, 0.2) is 6.61 Å². The van der Waals surface area contributed by atoms with Gasteiger partial charge in [0.1, 0.15) is 5.75 Å². The van der Waals surface area contributed by atoms with Crippen LogP contribution in [0.2, 0.25) is 0 Å². The Balaban J connectivity index is 2.22. The molecule has 0 fully saturated rings. The summed E-state index contributed by atoms with van der Waals surface area (Å²) in [6.07, 6.45) is -4.92. The van der Waals surface area contributed by atoms with Crippen LogP contribution in [0.25, 0.3) is 0 Å². The Hall–Kier alpha value is -2.09. The summed E-state index contributed by atoms with van der Waals surface area (Å²) in [5, 5.41) is 14.0. The fourth-order valence-corrected chi connectivity index (χ4v) is 2.97. The Kier molecular flexibility index (Phi) is 6.19. The quantitative estimate of drug-likeness (QED) is 0.799. The second kappa shape index (κ2) is 7.88. The van der Waals surface area contributed by atoms with Gasteiger partial charge in [0.05, 0.1) is 0 Å². The lowest BCUT2D eigenvalue weighted by atomic mass is 10.0. The van der Waals surface area contributed by atoms with Crippen LogP contribution < -0.4 is 4.74 Å². The number of amides is 1. The molecule has 1 amide bonds. The van der Waals surface area contributed by atoms with Crippen molar-refractivity contribution in [3.05, 3.63) is 29.3 Å². The Bertz CT molecular complexity index is 731. The van der Waals surface area contributed by atoms with Crippen molar-refractivity contribution in [2.45, 2.75) is 64.8 Å². The first-order chi connectivity index (χ1) is 12.5. The predicted octanol–water partition coefficient (Wildman–Crippen LogP) is 4.14. The molecule has 1 aromatic carbocycles. The maximum absolute atomic E-state index is 13.4. The van der Waals surface area contributed by atoms with Gasteiger partial charge < -0.3 is 9.84 Å². The van der Waals surface area contributed by atoms with E-state index in [-0.39, 0.29) is 23.1 Å². The molecule has 5 nitrogen and oxygen atoms in total. The zero-order valence-corrected chi connectivity index (χ0v) is 15.9. The maximum atomic E-state index is 13.4. The van der Waals surface area contributed by atoms with Gasteiger partial charge in [-0.05, 0) is 36.5 Å². The third-order valence-corrected chi connectivity index (χ3v) is 4.41. The number of carbonyl (C=O) groups is 1. The number of benzene rings is 1. The van der Waals surface area contributed by atoms with Crippen molar-refractivity contribution in [1.82, 2.24) is 5.01 Å². The fraction of sp³-hybridized carbons (Fsp3) is 0.579. The molecule has 0 radical (unpaired) electrons. The number of hydrogen-bond acceptors (Lipinski definition) is 4. The number of alkyl halides is 3. The topological polar surface area (TPSA) is 62.1 Å². The molecule has 0 bridgehead atoms. The molecule has 2 rings (SSSR count). The van der Waals surface area contributed by atoms with Crippen LogP contribution in [0.1, 0.15) is 57.1 Å². The number of ether oxygens (including phenoxy) is 1. The number of hydrogen-bond donors (Lipinski definition) is 1. The number of nitrogens with zero attached hydrogens (tertiary/aromatic N) is 2. The summed E-state index contributed by atoms with van der Waals surface area (Å²) in [4.78, 5) is 12.4. The monoisotopic (exact) mass is 386 g/mol. The lowest BCUT2D eigenvalue weighted by Crippen LogP contribution is -2.57. The van der Waals surface area contributed by atoms with E-state index in [9.17, 15) is 23.1 Å². The first-order valence-electron chi connectivity index (χ1n) is 8.91. The molecule has 0 aliphatic carbocycles. The van der Waals surface area contributed by atoms with E-state index in [1.807, 2.05) is 32.9 Å². The minimum Gasteiger partial charge on any atom is -0.483 e. The van der Waals surface area contributed by atoms with Gasteiger partial charge in [-0.15, -0.1) is 0 Å². The average Bonchev–Trinajstić information content (AvgIpc) is 2.90. The minimum atomic E-state index is -5.02. The lowest BCUT2D eigenvalue weighted by molar-refractivity contribution is -0.302. The first-order valence-corrected chi connectivity index (χ1v) is 8.91. The highest BCUT2D eigenvalue weighted by molar-refractivity contribution is 5.91. The molecule has 0 aromatic heterocycles. The molecule has 8 heteroatoms. The van der Waals surface area contributed by atoms with E-state index in [0.717, 1.165) is 11.1 Å². The molecule has 1 atom stereocenters. The SMILES string of the molecule is CCCC1=NN(C(=O)COc2cc(C)ccc2C(C)C)[C@](O)(C(F)(F)F)C1. The summed E-state index contributed by atoms with van der Waals surface area (Å²) < 4.78 is 45.7. The zero-order chi connectivity index (χ0) is 20.4. The van der Waals surface area contributed by atoms with Crippen molar-refractivity contribution in [3.63, 3.8) is 0 Å². The van der Waals surface area contributed by atoms with E-state index in [2.05, 4.69) is 5.10 Å². The van der Waals surface area contributed by atoms with Gasteiger partial charge in [0.25, 0.3) is 11.6 Å². The van der Waals surface area contributed by atoms with Gasteiger partial charge in [-0.1, -0.05) is 39.3 Å². The highest BCUT2D eigenvalue weighted by Crippen LogP contribution is 2.41. The molecule has 1 aliphatic heterocycles. The van der Waals surface area contributed by atoms with E-state index in [0.29, 0.717) is 12.2 Å². The second-order valence-electron chi connectivity index (χ2n) is 7.10. The van der Waals surface area contributed by atoms with Crippen molar-refractivity contribution in [2.24, 2.45) is 5.10 Å². The van der Waals surface area contributed by atoms with Gasteiger partial charge >= 0.3 is 6.18 Å². The van der Waals surface area contributed by atoms with Crippen LogP contribution in [0.15, 0.2) is 23.3 Å². The standard InChI is InChI=1S/C19H25F3N2O3/c1-5-6-14-10-18(26,19(20,21)22)24(23-14)17(25)11-27-16-9-13(4)7-8-15(16)12(2)3/h7-9,12,26H,5-6,10-11H2,1-4H3/t18-/m1/s1. The number of aliphatic hydroxyl groups is 1. The van der Waals surface area contributed by atoms with Crippen LogP contribution in [0.4, 0.5) is 13.2 Å². The molecular formula is C19H25F3N2O3. The summed E-state index contributed by atoms with van der Waals surface area (Å²) in [6.45, 7) is 6.88. The predicted molar refractivity (Wildman–Crippen MR) is 95.6 cm³/mol. The number of carbonyl (C=O) groups excluding carboxylic acids is 1. The molecule has 1 heterocycles. The number of hydrazone groups is 1. The van der Waals surface area contributed by atoms with Crippen molar-refractivity contribution < 1.29 is 27.8 Å². The van der Waals surface area contributed by atoms with Crippen LogP contribution in [0, 0.1) is 6.92 Å². The van der Waals surface area contributed by atoms with Gasteiger partial charge in [-0.25, -0.2) is 0 Å². The van der Waals surface area contributed by atoms with E-state index >= 15 is 0 Å². The molecule has 0 spiro atoms. The van der Waals surface area contributed by atoms with Crippen LogP contribution in [-0.4, -0.2) is 40.2 Å². The third-order valence-electron chi connectivity index (χ3n) is 4.41. The van der Waals surface area contributed by atoms with E-state index in [1.165, 1.54) is 0 Å². The molecule has 1 N–H and O–H groups in total. The Morgan fingerprint density at radius 3 is 2.63 bits per heavy atom. The lowest BCUT2D eigenvalue weighted by Gasteiger charge is -2.32. The van der Waals surface area contributed by atoms with Crippen molar-refractivity contribution in [2.75, 3.05) is 6.61 Å². The highest BCUT2D eigenvalue weighted by atomic mass is 19.4. The highest BCUT2D eigenvalue weighted by Gasteiger charge is 2.63. The Morgan fingerprint density at radius 2 is 2.07 bits per heavy atom. The van der Waals surface area contributed by atoms with Crippen LogP contribution >= 0.6 is 0 Å². The van der Waals surface area contributed by atoms with Gasteiger partial charge in [-0.3, -0.25) is 4.79 Å². The summed E-state index contributed by atoms with van der Waals surface area (Å²) >= 11 is 0. The third kappa shape index (κ3) is 4.43. The largest absolute Gasteiger partial charge is 0.483 e. The number of halogens is 3. The molecular weight excluding hydrogens is 361 g/mol. The average molecular weight is 386 g/mol. The van der Waals surface area contributed by atoms with Crippen molar-refractivity contribution in [1.29, 1.82) is 0 Å². The van der Waals surface area contributed by atoms with Gasteiger partial charge in [-0.2, -0.15) is 23.3 Å². The smallest absolute Gasteiger partial charge is 0.438 e. The zero-order valence-electron chi connectivity index (χ0n) is 15.9. The second-order valence-corrected chi connectivity index (χ2v) is 7.10. The molecule has 1 aromatic rings. The summed E-state index contributed by atoms with van der Waals surface area (Å²) in [5.74, 6) is -0.494. The van der Waals surface area contributed by atoms with Crippen LogP contribution in [0.3, 0.4) is 0 Å². The maximum Gasteiger partial charge on any atom is 0.438 e. The Morgan fingerprint density at radius 1 is 1.41 bits per heavy atom. The van der Waals surface area contributed by atoms with E-state index < -0.39 is 30.8 Å². The number of rotatable bonds is 6. The Labute approximate surface area is 156 Å². The molecule has 27 heavy (non-hydrogen) atoms. The van der Waals surface area contributed by atoms with Gasteiger partial charge in [0, 0.05) is 12.1 Å². The van der Waals surface area contributed by atoms with Crippen molar-refractivity contribution in [3.8, 4) is 5.75 Å². The van der Waals surface area contributed by atoms with Crippen molar-refractivity contribution >= 4 is 11.6 Å². The normalized spacial score (nSPS) is 20.2. The van der Waals surface area contributed by atoms with Crippen LogP contribution in [-0.2, 0) is 4.79 Å². The summed E-state index contributed by atoms with van der Waals surface area (Å²) in [6, 6.07) is 5.49. The van der Waals surface area contributed by atoms with Crippen LogP contribution in [0.5, 0.6) is 5.75 Å². The first kappa shape index (κ1) is 21.2. The van der Waals surface area contributed by atoms with E-state index in [1.54, 1.807) is 13.0 Å². The van der Waals surface area contributed by atoms with E-state index in [4.69, 9.17) is 4.74 Å². The van der Waals surface area contributed by atoms with Gasteiger partial charge in [0.2, 0.25) is 0 Å². The fourth-order valence-electron chi connectivity index (χ4n) is 2.97. The molecule has 1 aliphatic rings. The molecule has 0 saturated carbocycles. The molecule has 150 valence electrons. The number of aryl methyl sites for hydroxylation is 1. The minimum absolute atomic E-state index is 0.115. The summed E-state index contributed by atoms with van der Waals surface area (Å²) in [7, 11) is 0. The summed E-state index contributed by atoms with van der Waals surface area (Å²) in [5.41, 5.74) is -1.44. The molecule has 0 unspecified atom stereocenters. The molecule has 0 saturated heterocycles.